The van der Waals surface area contributed by atoms with Crippen molar-refractivity contribution in [3.05, 3.63) is 127 Å². The molecule has 0 saturated carbocycles. The summed E-state index contributed by atoms with van der Waals surface area (Å²) in [6.07, 6.45) is 1.37. The average molecular weight is 679 g/mol. The van der Waals surface area contributed by atoms with Crippen molar-refractivity contribution < 1.29 is 9.59 Å². The van der Waals surface area contributed by atoms with Crippen LogP contribution in [0.4, 0.5) is 16.2 Å². The van der Waals surface area contributed by atoms with E-state index >= 15 is 0 Å². The molecule has 0 spiro atoms. The molecule has 11 heteroatoms. The van der Waals surface area contributed by atoms with Gasteiger partial charge in [-0.2, -0.15) is 4.99 Å². The first-order chi connectivity index (χ1) is 20.2. The van der Waals surface area contributed by atoms with Gasteiger partial charge in [0.05, 0.1) is 31.8 Å². The highest BCUT2D eigenvalue weighted by Crippen LogP contribution is 2.35. The predicted octanol–water partition coefficient (Wildman–Crippen LogP) is 10.3. The van der Waals surface area contributed by atoms with Crippen LogP contribution in [-0.4, -0.2) is 17.0 Å². The van der Waals surface area contributed by atoms with E-state index < -0.39 is 0 Å². The number of anilines is 1. The van der Waals surface area contributed by atoms with E-state index in [-0.39, 0.29) is 30.2 Å². The number of isocyanates is 1. The normalized spacial score (nSPS) is 15.7. The van der Waals surface area contributed by atoms with Gasteiger partial charge in [0.25, 0.3) is 0 Å². The number of rotatable bonds is 2. The Morgan fingerprint density at radius 2 is 1.35 bits per heavy atom. The number of hydrogen-bond donors (Lipinski definition) is 2. The molecule has 4 aromatic carbocycles. The van der Waals surface area contributed by atoms with E-state index in [9.17, 15) is 9.59 Å². The Kier molecular flexibility index (Phi) is 12.9. The fourth-order valence-electron chi connectivity index (χ4n) is 4.75. The van der Waals surface area contributed by atoms with Crippen molar-refractivity contribution in [2.45, 2.75) is 39.0 Å². The van der Waals surface area contributed by atoms with Crippen molar-refractivity contribution in [3.63, 3.8) is 0 Å². The third kappa shape index (κ3) is 8.53. The van der Waals surface area contributed by atoms with Crippen molar-refractivity contribution >= 4 is 82.3 Å². The third-order valence-corrected chi connectivity index (χ3v) is 8.22. The van der Waals surface area contributed by atoms with Crippen molar-refractivity contribution in [1.29, 1.82) is 0 Å². The van der Waals surface area contributed by atoms with Crippen molar-refractivity contribution in [1.82, 2.24) is 10.2 Å². The molecule has 0 saturated heterocycles. The van der Waals surface area contributed by atoms with Crippen molar-refractivity contribution in [3.8, 4) is 0 Å². The van der Waals surface area contributed by atoms with Gasteiger partial charge in [-0.1, -0.05) is 107 Å². The summed E-state index contributed by atoms with van der Waals surface area (Å²) in [5, 5.41) is 7.75. The van der Waals surface area contributed by atoms with Crippen LogP contribution in [0.2, 0.25) is 20.1 Å². The molecule has 0 aliphatic carbocycles. The smallest absolute Gasteiger partial charge is 0.313 e. The van der Waals surface area contributed by atoms with Crippen LogP contribution in [-0.2, 0) is 17.9 Å². The van der Waals surface area contributed by atoms with Gasteiger partial charge in [-0.15, -0.1) is 12.4 Å². The van der Waals surface area contributed by atoms with E-state index in [1.54, 1.807) is 41.3 Å². The first-order valence-electron chi connectivity index (χ1n) is 13.1. The van der Waals surface area contributed by atoms with Crippen LogP contribution >= 0.6 is 58.8 Å². The largest absolute Gasteiger partial charge is 0.322 e. The molecule has 0 fully saturated rings. The summed E-state index contributed by atoms with van der Waals surface area (Å²) in [4.78, 5) is 27.5. The fourth-order valence-corrected chi connectivity index (χ4v) is 5.72. The summed E-state index contributed by atoms with van der Waals surface area (Å²) in [7, 11) is 0. The van der Waals surface area contributed by atoms with Crippen LogP contribution in [0.5, 0.6) is 0 Å². The first-order valence-corrected chi connectivity index (χ1v) is 14.6. The molecule has 224 valence electrons. The quantitative estimate of drug-likeness (QED) is 0.164. The Balaban J connectivity index is 0.000000194. The summed E-state index contributed by atoms with van der Waals surface area (Å²) >= 11 is 23.5. The van der Waals surface area contributed by atoms with Gasteiger partial charge in [0.1, 0.15) is 5.69 Å². The van der Waals surface area contributed by atoms with Gasteiger partial charge < -0.3 is 15.5 Å². The minimum atomic E-state index is -0.200. The van der Waals surface area contributed by atoms with Crippen molar-refractivity contribution in [2.75, 3.05) is 5.32 Å². The highest BCUT2D eigenvalue weighted by Gasteiger charge is 2.30. The molecule has 2 aliphatic rings. The Bertz CT molecular complexity index is 1590. The molecule has 2 heterocycles. The molecule has 43 heavy (non-hydrogen) atoms. The summed E-state index contributed by atoms with van der Waals surface area (Å²) in [5.74, 6) is 0. The van der Waals surface area contributed by atoms with Gasteiger partial charge >= 0.3 is 6.03 Å². The van der Waals surface area contributed by atoms with Crippen LogP contribution in [0.1, 0.15) is 48.2 Å². The first kappa shape index (κ1) is 34.4. The van der Waals surface area contributed by atoms with E-state index in [4.69, 9.17) is 46.4 Å². The summed E-state index contributed by atoms with van der Waals surface area (Å²) < 4.78 is 0. The highest BCUT2D eigenvalue weighted by molar-refractivity contribution is 6.40. The van der Waals surface area contributed by atoms with Crippen LogP contribution in [0, 0.1) is 0 Å². The maximum Gasteiger partial charge on any atom is 0.322 e. The molecule has 6 nitrogen and oxygen atoms in total. The van der Waals surface area contributed by atoms with Gasteiger partial charge in [0.2, 0.25) is 6.08 Å². The zero-order valence-corrected chi connectivity index (χ0v) is 27.1. The summed E-state index contributed by atoms with van der Waals surface area (Å²) in [6, 6.07) is 27.0. The van der Waals surface area contributed by atoms with E-state index in [1.807, 2.05) is 25.1 Å². The molecule has 4 aromatic rings. The fraction of sp³-hybridized carbons (Fsp3) is 0.188. The van der Waals surface area contributed by atoms with E-state index in [0.29, 0.717) is 38.4 Å². The highest BCUT2D eigenvalue weighted by atomic mass is 35.5. The number of benzene rings is 4. The lowest BCUT2D eigenvalue weighted by molar-refractivity contribution is 0.199. The number of carbonyl (C=O) groups is 1. The molecule has 2 aliphatic heterocycles. The maximum atomic E-state index is 12.5. The molecule has 0 aromatic heterocycles. The number of fused-ring (bicyclic) bond motifs is 2. The molecule has 2 N–H and O–H groups in total. The number of amides is 2. The number of para-hydroxylation sites is 2. The van der Waals surface area contributed by atoms with Crippen molar-refractivity contribution in [2.24, 2.45) is 4.99 Å². The minimum absolute atomic E-state index is 0. The topological polar surface area (TPSA) is 73.8 Å². The predicted molar refractivity (Wildman–Crippen MR) is 179 cm³/mol. The molecule has 6 rings (SSSR count). The monoisotopic (exact) mass is 676 g/mol. The Morgan fingerprint density at radius 1 is 0.814 bits per heavy atom. The van der Waals surface area contributed by atoms with E-state index in [2.05, 4.69) is 52.9 Å². The molecule has 0 unspecified atom stereocenters. The number of aliphatic imine (C=N–C) groups is 1. The lowest BCUT2D eigenvalue weighted by Gasteiger charge is -2.23. The number of nitrogens with one attached hydrogen (secondary N) is 2. The SMILES string of the molecule is C[C@@H]1NCc2ccccc21.C[C@H]1c2ccccc2CN1C(=O)Nc1c(Cl)cccc1Cl.Cl.O=C=Nc1c(Cl)cccc1Cl. The van der Waals surface area contributed by atoms with E-state index in [1.165, 1.54) is 28.3 Å². The second-order valence-electron chi connectivity index (χ2n) is 9.60. The zero-order valence-electron chi connectivity index (χ0n) is 23.3. The number of urea groups is 1. The lowest BCUT2D eigenvalue weighted by Crippen LogP contribution is -2.32. The molecule has 2 amide bonds. The van der Waals surface area contributed by atoms with Gasteiger partial charge in [-0.3, -0.25) is 0 Å². The Morgan fingerprint density at radius 3 is 1.91 bits per heavy atom. The number of nitrogens with zero attached hydrogens (tertiary/aromatic N) is 2. The summed E-state index contributed by atoms with van der Waals surface area (Å²) in [5.41, 5.74) is 5.99. The van der Waals surface area contributed by atoms with Gasteiger partial charge in [-0.25, -0.2) is 9.59 Å². The molecule has 0 bridgehead atoms. The van der Waals surface area contributed by atoms with Crippen LogP contribution < -0.4 is 10.6 Å². The van der Waals surface area contributed by atoms with Crippen LogP contribution in [0.15, 0.2) is 89.9 Å². The summed E-state index contributed by atoms with van der Waals surface area (Å²) in [6.45, 7) is 5.84. The van der Waals surface area contributed by atoms with Crippen LogP contribution in [0.25, 0.3) is 0 Å². The van der Waals surface area contributed by atoms with Gasteiger partial charge in [0, 0.05) is 19.1 Å². The molecular formula is C32H29Cl5N4O2. The second kappa shape index (κ2) is 16.1. The average Bonchev–Trinajstić information content (AvgIpc) is 3.53. The van der Waals surface area contributed by atoms with Crippen LogP contribution in [0.3, 0.4) is 0 Å². The zero-order chi connectivity index (χ0) is 30.2. The Hall–Kier alpha value is -3.06. The minimum Gasteiger partial charge on any atom is -0.313 e. The number of hydrogen-bond acceptors (Lipinski definition) is 4. The standard InChI is InChI=1S/C16H14Cl2N2O.C9H11N.C7H3Cl2NO.ClH/c1-10-12-6-3-2-5-11(12)9-20(10)16(21)19-15-13(17)7-4-8-14(15)18;1-7-9-5-3-2-4-8(9)6-10-7;8-5-2-1-3-6(9)7(5)10-4-11;/h2-8,10H,9H2,1H3,(H,19,21);2-5,7,10H,6H2,1H3;1-3H;1H/t10-;7-;;/m00../s1. The third-order valence-electron chi connectivity index (χ3n) is 6.98. The van der Waals surface area contributed by atoms with Gasteiger partial charge in [0.15, 0.2) is 0 Å². The molecular weight excluding hydrogens is 650 g/mol. The van der Waals surface area contributed by atoms with Gasteiger partial charge in [-0.05, 0) is 60.4 Å². The molecule has 2 atom stereocenters. The maximum absolute atomic E-state index is 12.5. The van der Waals surface area contributed by atoms with E-state index in [0.717, 1.165) is 6.54 Å². The second-order valence-corrected chi connectivity index (χ2v) is 11.2. The number of halogens is 5. The lowest BCUT2D eigenvalue weighted by atomic mass is 10.1. The number of carbonyl (C=O) groups excluding carboxylic acids is 2. The Labute approximate surface area is 277 Å². The molecule has 0 radical (unpaired) electrons.